The third-order valence-electron chi connectivity index (χ3n) is 13.2. The van der Waals surface area contributed by atoms with Gasteiger partial charge in [-0.25, -0.2) is 71.2 Å². The predicted molar refractivity (Wildman–Crippen MR) is 298 cm³/mol. The van der Waals surface area contributed by atoms with Crippen LogP contribution in [-0.2, 0) is 14.4 Å². The average molecular weight is 1110 g/mol. The van der Waals surface area contributed by atoms with Crippen LogP contribution in [-0.4, -0.2) is 127 Å². The highest BCUT2D eigenvalue weighted by atomic mass is 19.3. The van der Waals surface area contributed by atoms with Gasteiger partial charge in [-0.2, -0.15) is 0 Å². The summed E-state index contributed by atoms with van der Waals surface area (Å²) >= 11 is 0. The summed E-state index contributed by atoms with van der Waals surface area (Å²) in [7, 11) is 0. The molecule has 3 fully saturated rings. The molecule has 0 aliphatic heterocycles. The second-order valence-electron chi connectivity index (χ2n) is 19.0. The molecule has 9 heterocycles. The Morgan fingerprint density at radius 3 is 1.20 bits per heavy atom. The highest BCUT2D eigenvalue weighted by Crippen LogP contribution is 2.41. The fourth-order valence-corrected chi connectivity index (χ4v) is 8.58. The first-order valence-electron chi connectivity index (χ1n) is 25.1. The third kappa shape index (κ3) is 12.0. The quantitative estimate of drug-likeness (QED) is 0.0362. The molecule has 3 amide bonds. The molecule has 0 saturated heterocycles. The number of alkyl halides is 3. The average Bonchev–Trinajstić information content (AvgIpc) is 2.12. The molecule has 3 aliphatic carbocycles. The second kappa shape index (κ2) is 22.3. The third-order valence-corrected chi connectivity index (χ3v) is 13.2. The van der Waals surface area contributed by atoms with Crippen molar-refractivity contribution in [1.29, 1.82) is 0 Å². The summed E-state index contributed by atoms with van der Waals surface area (Å²) in [5, 5.41) is 18.8. The Kier molecular flexibility index (Phi) is 15.0. The molecule has 426 valence electrons. The topological polar surface area (TPSA) is 287 Å². The van der Waals surface area contributed by atoms with Crippen molar-refractivity contribution in [2.24, 2.45) is 0 Å². The molecule has 0 aromatic carbocycles. The lowest BCUT2D eigenvalue weighted by atomic mass is 10.2. The number of hydrogen-bond acceptors (Lipinski definition) is 15. The number of amides is 3. The SMILES string of the molecule is CCCNC(=O)C1(Nc2ccnc(-c3c[nH]c4ncc(F)cc34)n2)CC1.O=C(NCC(F)F)C1(Nc2ccnc(-c3c[nH]c4ncc(F)cc34)n2)CC1.O=C(NCCF)C1(Nc2ccnc(-c3c[nH]c4ncc(F)cc34)n2)CC1.[HH].[HH].[HH].[HH].[HH].[HH].[HH].[HH].[HH]. The van der Waals surface area contributed by atoms with Crippen molar-refractivity contribution in [2.45, 2.75) is 74.9 Å². The van der Waals surface area contributed by atoms with Gasteiger partial charge in [0.15, 0.2) is 17.5 Å². The number of halogens is 6. The monoisotopic (exact) mass is 1110 g/mol. The van der Waals surface area contributed by atoms with Crippen LogP contribution in [0.25, 0.3) is 67.3 Å². The molecule has 9 aromatic heterocycles. The zero-order valence-electron chi connectivity index (χ0n) is 42.0. The number of aromatic nitrogens is 12. The van der Waals surface area contributed by atoms with Gasteiger partial charge in [0, 0.05) is 96.0 Å². The van der Waals surface area contributed by atoms with Crippen molar-refractivity contribution < 1.29 is 53.6 Å². The smallest absolute Gasteiger partial charge is 0.255 e. The molecule has 79 heavy (non-hydrogen) atoms. The highest BCUT2D eigenvalue weighted by Gasteiger charge is 2.52. The number of carbonyl (C=O) groups is 3. The first kappa shape index (κ1) is 53.1. The van der Waals surface area contributed by atoms with Crippen molar-refractivity contribution in [3.8, 4) is 34.2 Å². The van der Waals surface area contributed by atoms with E-state index in [1.807, 2.05) is 6.92 Å². The van der Waals surface area contributed by atoms with E-state index in [4.69, 9.17) is 0 Å². The fraction of sp³-hybridized carbons (Fsp3) is 0.308. The van der Waals surface area contributed by atoms with Gasteiger partial charge in [-0.05, 0) is 81.3 Å². The second-order valence-corrected chi connectivity index (χ2v) is 19.0. The van der Waals surface area contributed by atoms with Crippen LogP contribution in [0.2, 0.25) is 0 Å². The lowest BCUT2D eigenvalue weighted by Crippen LogP contribution is -2.43. The number of fused-ring (bicyclic) bond motifs is 3. The molecule has 0 spiro atoms. The van der Waals surface area contributed by atoms with Crippen LogP contribution in [0.5, 0.6) is 0 Å². The Labute approximate surface area is 457 Å². The lowest BCUT2D eigenvalue weighted by molar-refractivity contribution is -0.123. The van der Waals surface area contributed by atoms with Crippen LogP contribution >= 0.6 is 0 Å². The van der Waals surface area contributed by atoms with E-state index in [9.17, 15) is 40.7 Å². The van der Waals surface area contributed by atoms with Gasteiger partial charge < -0.3 is 46.9 Å². The minimum atomic E-state index is -2.61. The van der Waals surface area contributed by atoms with Gasteiger partial charge in [0.1, 0.15) is 75.1 Å². The number of anilines is 3. The molecule has 0 bridgehead atoms. The molecule has 9 N–H and O–H groups in total. The van der Waals surface area contributed by atoms with E-state index in [0.29, 0.717) is 117 Å². The molecular weight excluding hydrogens is 1040 g/mol. The highest BCUT2D eigenvalue weighted by molar-refractivity contribution is 5.96. The Bertz CT molecular complexity index is 3580. The number of pyridine rings is 3. The first-order valence-corrected chi connectivity index (χ1v) is 25.1. The zero-order chi connectivity index (χ0) is 55.3. The summed E-state index contributed by atoms with van der Waals surface area (Å²) in [6.07, 6.45) is 15.2. The molecule has 12 rings (SSSR count). The van der Waals surface area contributed by atoms with Gasteiger partial charge in [-0.15, -0.1) is 0 Å². The van der Waals surface area contributed by atoms with Crippen molar-refractivity contribution in [1.82, 2.24) is 75.8 Å². The Balaban J connectivity index is 0.000000628. The normalized spacial score (nSPS) is 15.0. The van der Waals surface area contributed by atoms with E-state index in [1.54, 1.807) is 49.2 Å². The van der Waals surface area contributed by atoms with Gasteiger partial charge in [-0.3, -0.25) is 14.4 Å². The Morgan fingerprint density at radius 1 is 0.544 bits per heavy atom. The fourth-order valence-electron chi connectivity index (χ4n) is 8.58. The van der Waals surface area contributed by atoms with E-state index >= 15 is 0 Å². The van der Waals surface area contributed by atoms with E-state index in [1.165, 1.54) is 24.4 Å². The van der Waals surface area contributed by atoms with Crippen molar-refractivity contribution in [2.75, 3.05) is 42.3 Å². The van der Waals surface area contributed by atoms with Crippen LogP contribution in [0, 0.1) is 17.5 Å². The largest absolute Gasteiger partial charge is 0.356 e. The molecule has 27 heteroatoms. The van der Waals surface area contributed by atoms with Gasteiger partial charge in [0.25, 0.3) is 6.43 Å². The molecule has 3 aliphatic rings. The maximum atomic E-state index is 13.5. The molecule has 0 atom stereocenters. The molecule has 0 radical (unpaired) electrons. The Hall–Kier alpha value is -9.30. The van der Waals surface area contributed by atoms with Gasteiger partial charge in [-0.1, -0.05) is 6.92 Å². The summed E-state index contributed by atoms with van der Waals surface area (Å²) in [5.41, 5.74) is 1.16. The van der Waals surface area contributed by atoms with E-state index < -0.39 is 59.6 Å². The van der Waals surface area contributed by atoms with Crippen LogP contribution in [0.3, 0.4) is 0 Å². The van der Waals surface area contributed by atoms with Gasteiger partial charge in [0.05, 0.1) is 25.1 Å². The maximum Gasteiger partial charge on any atom is 0.255 e. The molecular formula is C52H68F6N18O3. The van der Waals surface area contributed by atoms with Crippen molar-refractivity contribution in [3.63, 3.8) is 0 Å². The lowest BCUT2D eigenvalue weighted by Gasteiger charge is -2.17. The van der Waals surface area contributed by atoms with Crippen LogP contribution in [0.15, 0.2) is 92.2 Å². The molecule has 0 unspecified atom stereocenters. The number of nitrogens with zero attached hydrogens (tertiary/aromatic N) is 9. The van der Waals surface area contributed by atoms with Crippen LogP contribution in [0.4, 0.5) is 43.8 Å². The Morgan fingerprint density at radius 2 is 0.886 bits per heavy atom. The zero-order valence-corrected chi connectivity index (χ0v) is 42.0. The molecule has 21 nitrogen and oxygen atoms in total. The number of rotatable bonds is 18. The summed E-state index contributed by atoms with van der Waals surface area (Å²) in [6, 6.07) is 9.06. The minimum Gasteiger partial charge on any atom is -0.356 e. The molecule has 3 saturated carbocycles. The number of aromatic amines is 3. The number of hydrogen-bond donors (Lipinski definition) is 9. The number of H-pyrrole nitrogens is 3. The standard InChI is InChI=1S/C18H19FN6O.C17H15F3N6O.C17H16F2N6O.9H2/c1-2-6-21-17(26)18(4-5-18)25-14-3-7-20-16(24-14)13-10-23-15-12(13)8-11(19)9-22-15;18-9-5-10-11(7-23-14(10)22-6-9)15-21-4-1-13(25-15)26-17(2-3-17)16(27)24-8-12(19)20;18-4-6-21-16(26)17(2-3-17)25-13-1-5-20-15(24-13)12-9-23-14-11(12)7-10(19)8-22-14;;;;;;;;;/h3,7-10H,2,4-6H2,1H3,(H,21,26)(H,22,23)(H,20,24,25);1,4-7,12H,2-3,8H2,(H,22,23)(H,24,27)(H,21,25,26);1,5,7-9H,2-4,6H2,(H,21,26)(H,22,23)(H,20,24,25);9*1H. The molecule has 9 aromatic rings. The predicted octanol–water partition coefficient (Wildman–Crippen LogP) is 9.52. The minimum absolute atomic E-state index is 0. The van der Waals surface area contributed by atoms with E-state index in [0.717, 1.165) is 37.9 Å². The summed E-state index contributed by atoms with van der Waals surface area (Å²) in [6.45, 7) is 1.37. The van der Waals surface area contributed by atoms with E-state index in [-0.39, 0.29) is 31.2 Å². The summed E-state index contributed by atoms with van der Waals surface area (Å²) in [5.74, 6) is 0.488. The van der Waals surface area contributed by atoms with Gasteiger partial charge in [0.2, 0.25) is 17.7 Å². The maximum absolute atomic E-state index is 13.5. The number of nitrogens with one attached hydrogen (secondary N) is 9. The van der Waals surface area contributed by atoms with Crippen LogP contribution in [0.1, 0.15) is 64.7 Å². The van der Waals surface area contributed by atoms with Crippen molar-refractivity contribution in [3.05, 3.63) is 110 Å². The first-order chi connectivity index (χ1) is 38.2. The van der Waals surface area contributed by atoms with Gasteiger partial charge >= 0.3 is 0 Å². The number of carbonyl (C=O) groups excluding carboxylic acids is 3. The van der Waals surface area contributed by atoms with Crippen LogP contribution < -0.4 is 31.9 Å². The summed E-state index contributed by atoms with van der Waals surface area (Å²) < 4.78 is 77.4. The summed E-state index contributed by atoms with van der Waals surface area (Å²) in [4.78, 5) is 83.6. The van der Waals surface area contributed by atoms with Crippen molar-refractivity contribution >= 4 is 68.3 Å². The van der Waals surface area contributed by atoms with E-state index in [2.05, 4.69) is 91.7 Å².